The molecule has 3 heteroatoms. The van der Waals surface area contributed by atoms with Gasteiger partial charge in [0.2, 0.25) is 0 Å². The summed E-state index contributed by atoms with van der Waals surface area (Å²) in [6.07, 6.45) is 2.00. The number of aryl methyl sites for hydroxylation is 2. The average Bonchev–Trinajstić information content (AvgIpc) is 2.90. The molecule has 0 radical (unpaired) electrons. The summed E-state index contributed by atoms with van der Waals surface area (Å²) >= 11 is 0. The lowest BCUT2D eigenvalue weighted by atomic mass is 10.1. The summed E-state index contributed by atoms with van der Waals surface area (Å²) < 4.78 is 3.87. The van der Waals surface area contributed by atoms with Gasteiger partial charge in [-0.05, 0) is 24.5 Å². The van der Waals surface area contributed by atoms with Crippen LogP contribution in [0.5, 0.6) is 0 Å². The van der Waals surface area contributed by atoms with Crippen molar-refractivity contribution < 1.29 is 0 Å². The third kappa shape index (κ3) is 3.55. The number of fused-ring (bicyclic) bond motifs is 3. The van der Waals surface area contributed by atoms with Crippen LogP contribution in [0.1, 0.15) is 47.1 Å². The Hall–Kier alpha value is -2.03. The molecule has 2 aromatic heterocycles. The second-order valence-electron chi connectivity index (χ2n) is 5.96. The summed E-state index contributed by atoms with van der Waals surface area (Å²) in [6.45, 7) is 15.1. The monoisotopic (exact) mass is 328 g/mol. The van der Waals surface area contributed by atoms with E-state index < -0.39 is 0 Å². The van der Waals surface area contributed by atoms with Crippen molar-refractivity contribution in [3.63, 3.8) is 0 Å². The van der Waals surface area contributed by atoms with E-state index in [0.29, 0.717) is 5.92 Å². The molecule has 0 fully saturated rings. The molecule has 0 aliphatic heterocycles. The van der Waals surface area contributed by atoms with Crippen molar-refractivity contribution >= 4 is 21.8 Å². The molecule has 0 aliphatic carbocycles. The van der Waals surface area contributed by atoms with Gasteiger partial charge in [0.25, 0.3) is 5.56 Å². The second kappa shape index (κ2) is 8.72. The first-order valence-electron chi connectivity index (χ1n) is 9.08. The van der Waals surface area contributed by atoms with Gasteiger partial charge >= 0.3 is 0 Å². The van der Waals surface area contributed by atoms with Crippen LogP contribution in [0.25, 0.3) is 21.8 Å². The Morgan fingerprint density at radius 1 is 1.04 bits per heavy atom. The fourth-order valence-corrected chi connectivity index (χ4v) is 3.06. The number of hydrogen-bond donors (Lipinski definition) is 0. The van der Waals surface area contributed by atoms with Gasteiger partial charge < -0.3 is 9.13 Å². The third-order valence-electron chi connectivity index (χ3n) is 3.88. The quantitative estimate of drug-likeness (QED) is 0.609. The van der Waals surface area contributed by atoms with E-state index in [-0.39, 0.29) is 5.56 Å². The molecule has 0 spiro atoms. The molecule has 0 amide bonds. The number of benzene rings is 1. The number of aromatic nitrogens is 2. The molecule has 3 aromatic rings. The van der Waals surface area contributed by atoms with Gasteiger partial charge in [-0.3, -0.25) is 4.79 Å². The van der Waals surface area contributed by atoms with Gasteiger partial charge in [-0.15, -0.1) is 0 Å². The maximum atomic E-state index is 12.7. The molecule has 2 heterocycles. The first-order chi connectivity index (χ1) is 11.5. The van der Waals surface area contributed by atoms with Crippen molar-refractivity contribution in [3.05, 3.63) is 46.4 Å². The number of hydrogen-bond acceptors (Lipinski definition) is 1. The van der Waals surface area contributed by atoms with E-state index in [1.165, 1.54) is 0 Å². The highest BCUT2D eigenvalue weighted by atomic mass is 16.1. The topological polar surface area (TPSA) is 26.9 Å². The maximum Gasteiger partial charge on any atom is 0.275 e. The van der Waals surface area contributed by atoms with Crippen LogP contribution in [0.4, 0.5) is 0 Å². The Balaban J connectivity index is 0.000000671. The fraction of sp³-hybridized carbons (Fsp3) is 0.476. The Bertz CT molecular complexity index is 854. The standard InChI is InChI=1S/C17H20N2O.2C2H6/c1-11(2)9-19-10-12(3)15-13-7-5-6-8-14(13)18(4)16(15)17(19)20;2*1-2/h5-8,10-11H,9H2,1-4H3;2*1-2H3. The summed E-state index contributed by atoms with van der Waals surface area (Å²) in [4.78, 5) is 12.7. The van der Waals surface area contributed by atoms with Gasteiger partial charge in [0.05, 0.1) is 0 Å². The first kappa shape index (κ1) is 20.0. The Morgan fingerprint density at radius 2 is 1.62 bits per heavy atom. The van der Waals surface area contributed by atoms with E-state index in [9.17, 15) is 4.79 Å². The minimum Gasteiger partial charge on any atom is -0.339 e. The molecule has 24 heavy (non-hydrogen) atoms. The molecule has 0 saturated heterocycles. The van der Waals surface area contributed by atoms with Gasteiger partial charge in [0.15, 0.2) is 0 Å². The van der Waals surface area contributed by atoms with Crippen LogP contribution in [-0.2, 0) is 13.6 Å². The fourth-order valence-electron chi connectivity index (χ4n) is 3.06. The Morgan fingerprint density at radius 3 is 2.21 bits per heavy atom. The number of para-hydroxylation sites is 1. The second-order valence-corrected chi connectivity index (χ2v) is 5.96. The molecule has 0 saturated carbocycles. The van der Waals surface area contributed by atoms with Gasteiger partial charge in [-0.2, -0.15) is 0 Å². The van der Waals surface area contributed by atoms with Crippen LogP contribution in [0.3, 0.4) is 0 Å². The molecular weight excluding hydrogens is 296 g/mol. The minimum absolute atomic E-state index is 0.109. The van der Waals surface area contributed by atoms with Crippen LogP contribution in [-0.4, -0.2) is 9.13 Å². The number of rotatable bonds is 2. The first-order valence-corrected chi connectivity index (χ1v) is 9.08. The maximum absolute atomic E-state index is 12.7. The van der Waals surface area contributed by atoms with Crippen molar-refractivity contribution in [2.75, 3.05) is 0 Å². The van der Waals surface area contributed by atoms with Crippen LogP contribution in [0.2, 0.25) is 0 Å². The molecule has 3 nitrogen and oxygen atoms in total. The Kier molecular flexibility index (Phi) is 7.27. The summed E-state index contributed by atoms with van der Waals surface area (Å²) in [5, 5.41) is 2.25. The largest absolute Gasteiger partial charge is 0.339 e. The number of nitrogens with zero attached hydrogens (tertiary/aromatic N) is 2. The molecule has 132 valence electrons. The van der Waals surface area contributed by atoms with E-state index in [1.54, 1.807) is 0 Å². The zero-order valence-electron chi connectivity index (χ0n) is 16.5. The van der Waals surface area contributed by atoms with Crippen LogP contribution >= 0.6 is 0 Å². The molecule has 0 aliphatic rings. The highest BCUT2D eigenvalue weighted by molar-refractivity contribution is 6.09. The predicted molar refractivity (Wildman–Crippen MR) is 107 cm³/mol. The lowest BCUT2D eigenvalue weighted by Gasteiger charge is -2.11. The lowest BCUT2D eigenvalue weighted by molar-refractivity contribution is 0.511. The summed E-state index contributed by atoms with van der Waals surface area (Å²) in [5.74, 6) is 0.458. The summed E-state index contributed by atoms with van der Waals surface area (Å²) in [7, 11) is 1.98. The number of pyridine rings is 1. The van der Waals surface area contributed by atoms with Gasteiger partial charge in [-0.1, -0.05) is 59.7 Å². The molecular formula is C21H32N2O. The molecule has 0 bridgehead atoms. The molecule has 1 aromatic carbocycles. The summed E-state index contributed by atoms with van der Waals surface area (Å²) in [6, 6.07) is 8.21. The van der Waals surface area contributed by atoms with Crippen molar-refractivity contribution in [3.8, 4) is 0 Å². The van der Waals surface area contributed by atoms with E-state index in [1.807, 2.05) is 62.2 Å². The van der Waals surface area contributed by atoms with Crippen LogP contribution < -0.4 is 5.56 Å². The third-order valence-corrected chi connectivity index (χ3v) is 3.88. The van der Waals surface area contributed by atoms with Crippen molar-refractivity contribution in [1.29, 1.82) is 0 Å². The van der Waals surface area contributed by atoms with E-state index >= 15 is 0 Å². The van der Waals surface area contributed by atoms with Crippen LogP contribution in [0, 0.1) is 12.8 Å². The molecule has 3 rings (SSSR count). The van der Waals surface area contributed by atoms with E-state index in [2.05, 4.69) is 32.9 Å². The van der Waals surface area contributed by atoms with Crippen LogP contribution in [0.15, 0.2) is 35.3 Å². The lowest BCUT2D eigenvalue weighted by Crippen LogP contribution is -2.23. The van der Waals surface area contributed by atoms with Gasteiger partial charge in [0.1, 0.15) is 5.52 Å². The normalized spacial score (nSPS) is 10.4. The van der Waals surface area contributed by atoms with E-state index in [0.717, 1.165) is 33.9 Å². The van der Waals surface area contributed by atoms with E-state index in [4.69, 9.17) is 0 Å². The van der Waals surface area contributed by atoms with Gasteiger partial charge in [0, 0.05) is 36.1 Å². The minimum atomic E-state index is 0.109. The van der Waals surface area contributed by atoms with Crippen molar-refractivity contribution in [2.45, 2.75) is 55.0 Å². The SMILES string of the molecule is CC.CC.Cc1cn(CC(C)C)c(=O)c2c1c1ccccc1n2C. The average molecular weight is 328 g/mol. The highest BCUT2D eigenvalue weighted by Gasteiger charge is 2.15. The molecule has 0 atom stereocenters. The summed E-state index contributed by atoms with van der Waals surface area (Å²) in [5.41, 5.74) is 3.20. The molecule has 0 unspecified atom stereocenters. The zero-order chi connectivity index (χ0) is 18.4. The predicted octanol–water partition coefficient (Wildman–Crippen LogP) is 5.51. The van der Waals surface area contributed by atoms with Crippen molar-refractivity contribution in [2.24, 2.45) is 13.0 Å². The van der Waals surface area contributed by atoms with Gasteiger partial charge in [-0.25, -0.2) is 0 Å². The highest BCUT2D eigenvalue weighted by Crippen LogP contribution is 2.28. The smallest absolute Gasteiger partial charge is 0.275 e. The van der Waals surface area contributed by atoms with Crippen molar-refractivity contribution in [1.82, 2.24) is 9.13 Å². The molecule has 0 N–H and O–H groups in total. The Labute approximate surface area is 145 Å². The zero-order valence-corrected chi connectivity index (χ0v) is 16.5.